The first-order valence-corrected chi connectivity index (χ1v) is 7.23. The Balaban J connectivity index is 2.13. The van der Waals surface area contributed by atoms with Crippen molar-refractivity contribution in [2.45, 2.75) is 35.8 Å². The molecule has 1 aromatic carbocycles. The maximum absolute atomic E-state index is 12.3. The Morgan fingerprint density at radius 2 is 1.88 bits per heavy atom. The summed E-state index contributed by atoms with van der Waals surface area (Å²) >= 11 is 0. The van der Waals surface area contributed by atoms with E-state index in [1.807, 2.05) is 30.3 Å². The van der Waals surface area contributed by atoms with Crippen molar-refractivity contribution in [1.82, 2.24) is 5.32 Å². The molecule has 2 rings (SSSR count). The average Bonchev–Trinajstić information content (AvgIpc) is 2.35. The van der Waals surface area contributed by atoms with Crippen molar-refractivity contribution in [2.24, 2.45) is 0 Å². The highest BCUT2D eigenvalue weighted by molar-refractivity contribution is 7.86. The predicted octanol–water partition coefficient (Wildman–Crippen LogP) is 1.85. The molecular formula is C13H17NO2S. The summed E-state index contributed by atoms with van der Waals surface area (Å²) in [4.78, 5) is 12.6. The number of hydrogen-bond donors (Lipinski definition) is 1. The van der Waals surface area contributed by atoms with Crippen LogP contribution < -0.4 is 5.32 Å². The summed E-state index contributed by atoms with van der Waals surface area (Å²) in [7, 11) is -1.23. The third-order valence-electron chi connectivity index (χ3n) is 2.97. The van der Waals surface area contributed by atoms with E-state index in [0.717, 1.165) is 24.2 Å². The zero-order valence-electron chi connectivity index (χ0n) is 9.72. The van der Waals surface area contributed by atoms with Crippen LogP contribution in [0.1, 0.15) is 25.7 Å². The number of amides is 1. The summed E-state index contributed by atoms with van der Waals surface area (Å²) < 4.78 is 12.3. The summed E-state index contributed by atoms with van der Waals surface area (Å²) in [5, 5.41) is 2.46. The molecule has 0 aliphatic carbocycles. The summed E-state index contributed by atoms with van der Waals surface area (Å²) in [5.41, 5.74) is 0. The van der Waals surface area contributed by atoms with Gasteiger partial charge in [0.25, 0.3) is 0 Å². The van der Waals surface area contributed by atoms with Crippen LogP contribution in [0.5, 0.6) is 0 Å². The number of nitrogens with one attached hydrogen (secondary N) is 1. The van der Waals surface area contributed by atoms with Crippen LogP contribution in [0.2, 0.25) is 0 Å². The van der Waals surface area contributed by atoms with Crippen LogP contribution >= 0.6 is 0 Å². The topological polar surface area (TPSA) is 46.2 Å². The van der Waals surface area contributed by atoms with Gasteiger partial charge in [0.1, 0.15) is 5.25 Å². The third kappa shape index (κ3) is 3.16. The molecule has 1 aromatic rings. The number of carbonyl (C=O) groups excluding carboxylic acids is 1. The van der Waals surface area contributed by atoms with Gasteiger partial charge in [0.05, 0.1) is 10.8 Å². The van der Waals surface area contributed by atoms with Crippen molar-refractivity contribution in [3.8, 4) is 0 Å². The molecule has 1 aliphatic heterocycles. The first kappa shape index (κ1) is 12.3. The fraction of sp³-hybridized carbons (Fsp3) is 0.462. The number of rotatable bonds is 2. The van der Waals surface area contributed by atoms with Crippen LogP contribution in [0, 0.1) is 0 Å². The maximum Gasteiger partial charge on any atom is 0.236 e. The van der Waals surface area contributed by atoms with Gasteiger partial charge in [-0.3, -0.25) is 9.00 Å². The molecule has 1 aliphatic rings. The van der Waals surface area contributed by atoms with E-state index in [-0.39, 0.29) is 5.91 Å². The summed E-state index contributed by atoms with van der Waals surface area (Å²) in [6.07, 6.45) is 3.82. The van der Waals surface area contributed by atoms with Crippen molar-refractivity contribution in [3.63, 3.8) is 0 Å². The Kier molecular flexibility index (Phi) is 4.31. The highest BCUT2D eigenvalue weighted by Gasteiger charge is 2.26. The zero-order valence-corrected chi connectivity index (χ0v) is 10.5. The fourth-order valence-electron chi connectivity index (χ4n) is 2.01. The van der Waals surface area contributed by atoms with Crippen LogP contribution in [0.15, 0.2) is 35.2 Å². The fourth-order valence-corrected chi connectivity index (χ4v) is 3.42. The minimum atomic E-state index is -1.23. The standard InChI is InChI=1S/C13H17NO2S/c15-13-12(9-5-2-6-10-14-13)17(16)11-7-3-1-4-8-11/h1,3-4,7-8,12H,2,5-6,9-10H2,(H,14,15)/t12-,17+/m0/s1. The second kappa shape index (κ2) is 5.96. The van der Waals surface area contributed by atoms with Crippen LogP contribution in [0.4, 0.5) is 0 Å². The number of carbonyl (C=O) groups is 1. The van der Waals surface area contributed by atoms with E-state index in [9.17, 15) is 9.00 Å². The van der Waals surface area contributed by atoms with Gasteiger partial charge >= 0.3 is 0 Å². The van der Waals surface area contributed by atoms with Gasteiger partial charge < -0.3 is 5.32 Å². The largest absolute Gasteiger partial charge is 0.355 e. The van der Waals surface area contributed by atoms with Gasteiger partial charge in [-0.15, -0.1) is 0 Å². The molecule has 0 bridgehead atoms. The van der Waals surface area contributed by atoms with E-state index in [1.165, 1.54) is 0 Å². The van der Waals surface area contributed by atoms with E-state index in [4.69, 9.17) is 0 Å². The third-order valence-corrected chi connectivity index (χ3v) is 4.67. The first-order valence-electron chi connectivity index (χ1n) is 6.02. The molecule has 0 spiro atoms. The Hall–Kier alpha value is -1.16. The van der Waals surface area contributed by atoms with Gasteiger partial charge in [-0.1, -0.05) is 31.0 Å². The molecule has 0 unspecified atom stereocenters. The van der Waals surface area contributed by atoms with Gasteiger partial charge in [0.2, 0.25) is 5.91 Å². The lowest BCUT2D eigenvalue weighted by Crippen LogP contribution is -2.39. The molecule has 92 valence electrons. The summed E-state index contributed by atoms with van der Waals surface area (Å²) in [5.74, 6) is -0.0631. The zero-order chi connectivity index (χ0) is 12.1. The van der Waals surface area contributed by atoms with Gasteiger partial charge in [-0.25, -0.2) is 0 Å². The number of benzene rings is 1. The Bertz CT molecular complexity index is 405. The molecule has 1 fully saturated rings. The van der Waals surface area contributed by atoms with Crippen LogP contribution in [0.3, 0.4) is 0 Å². The van der Waals surface area contributed by atoms with Crippen molar-refractivity contribution in [3.05, 3.63) is 30.3 Å². The Morgan fingerprint density at radius 3 is 2.65 bits per heavy atom. The van der Waals surface area contributed by atoms with Gasteiger partial charge in [0, 0.05) is 11.4 Å². The second-order valence-corrected chi connectivity index (χ2v) is 5.87. The molecule has 1 amide bonds. The lowest BCUT2D eigenvalue weighted by Gasteiger charge is -2.19. The lowest BCUT2D eigenvalue weighted by atomic mass is 10.1. The van der Waals surface area contributed by atoms with Gasteiger partial charge in [0.15, 0.2) is 0 Å². The smallest absolute Gasteiger partial charge is 0.236 e. The summed E-state index contributed by atoms with van der Waals surface area (Å²) in [6, 6.07) is 9.24. The van der Waals surface area contributed by atoms with Crippen molar-refractivity contribution >= 4 is 16.7 Å². The van der Waals surface area contributed by atoms with E-state index in [0.29, 0.717) is 13.0 Å². The molecule has 0 saturated carbocycles. The lowest BCUT2D eigenvalue weighted by molar-refractivity contribution is -0.120. The molecule has 2 atom stereocenters. The van der Waals surface area contributed by atoms with Crippen molar-refractivity contribution in [1.29, 1.82) is 0 Å². The van der Waals surface area contributed by atoms with Crippen molar-refractivity contribution in [2.75, 3.05) is 6.54 Å². The molecule has 0 aromatic heterocycles. The van der Waals surface area contributed by atoms with Gasteiger partial charge in [-0.2, -0.15) is 0 Å². The summed E-state index contributed by atoms with van der Waals surface area (Å²) in [6.45, 7) is 0.710. The van der Waals surface area contributed by atoms with Gasteiger partial charge in [-0.05, 0) is 25.0 Å². The van der Waals surface area contributed by atoms with Crippen LogP contribution in [0.25, 0.3) is 0 Å². The highest BCUT2D eigenvalue weighted by Crippen LogP contribution is 2.18. The monoisotopic (exact) mass is 251 g/mol. The molecule has 0 radical (unpaired) electrons. The van der Waals surface area contributed by atoms with E-state index in [2.05, 4.69) is 5.32 Å². The first-order chi connectivity index (χ1) is 8.29. The normalized spacial score (nSPS) is 23.3. The Morgan fingerprint density at radius 1 is 1.12 bits per heavy atom. The van der Waals surface area contributed by atoms with E-state index < -0.39 is 16.0 Å². The van der Waals surface area contributed by atoms with E-state index in [1.54, 1.807) is 0 Å². The quantitative estimate of drug-likeness (QED) is 0.872. The minimum absolute atomic E-state index is 0.0631. The van der Waals surface area contributed by atoms with Crippen LogP contribution in [-0.2, 0) is 15.6 Å². The second-order valence-electron chi connectivity index (χ2n) is 4.24. The maximum atomic E-state index is 12.3. The van der Waals surface area contributed by atoms with Crippen LogP contribution in [-0.4, -0.2) is 21.9 Å². The molecule has 4 heteroatoms. The Labute approximate surface area is 104 Å². The molecule has 1 heterocycles. The molecule has 1 saturated heterocycles. The van der Waals surface area contributed by atoms with E-state index >= 15 is 0 Å². The SMILES string of the molecule is O=C1NCCCCC[C@@H]1[S@](=O)c1ccccc1. The predicted molar refractivity (Wildman–Crippen MR) is 68.1 cm³/mol. The average molecular weight is 251 g/mol. The van der Waals surface area contributed by atoms with Crippen molar-refractivity contribution < 1.29 is 9.00 Å². The molecule has 3 nitrogen and oxygen atoms in total. The molecule has 17 heavy (non-hydrogen) atoms. The highest BCUT2D eigenvalue weighted by atomic mass is 32.2. The number of hydrogen-bond acceptors (Lipinski definition) is 2. The molecular weight excluding hydrogens is 234 g/mol. The molecule has 1 N–H and O–H groups in total. The minimum Gasteiger partial charge on any atom is -0.355 e.